The summed E-state index contributed by atoms with van der Waals surface area (Å²) in [7, 11) is -2.34. The summed E-state index contributed by atoms with van der Waals surface area (Å²) in [6, 6.07) is 4.53. The number of morpholine rings is 1. The van der Waals surface area contributed by atoms with Crippen LogP contribution in [0.5, 0.6) is 5.75 Å². The Bertz CT molecular complexity index is 820. The van der Waals surface area contributed by atoms with Gasteiger partial charge in [-0.05, 0) is 31.5 Å². The second kappa shape index (κ2) is 10.6. The van der Waals surface area contributed by atoms with Gasteiger partial charge in [-0.1, -0.05) is 20.8 Å². The van der Waals surface area contributed by atoms with Gasteiger partial charge in [0.2, 0.25) is 10.0 Å². The lowest BCUT2D eigenvalue weighted by Crippen LogP contribution is -2.56. The Kier molecular flexibility index (Phi) is 8.66. The van der Waals surface area contributed by atoms with Crippen LogP contribution < -0.4 is 10.1 Å². The lowest BCUT2D eigenvalue weighted by molar-refractivity contribution is -0.0169. The Morgan fingerprint density at radius 3 is 2.40 bits per heavy atom. The number of rotatable bonds is 10. The van der Waals surface area contributed by atoms with Crippen LogP contribution in [0.4, 0.5) is 0 Å². The van der Waals surface area contributed by atoms with Crippen LogP contribution in [0.1, 0.15) is 44.5 Å². The van der Waals surface area contributed by atoms with Crippen LogP contribution >= 0.6 is 0 Å². The zero-order chi connectivity index (χ0) is 22.4. The highest BCUT2D eigenvalue weighted by Crippen LogP contribution is 2.28. The van der Waals surface area contributed by atoms with Gasteiger partial charge in [-0.15, -0.1) is 0 Å². The van der Waals surface area contributed by atoms with Crippen molar-refractivity contribution in [3.05, 3.63) is 23.8 Å². The largest absolute Gasteiger partial charge is 0.495 e. The maximum Gasteiger partial charge on any atom is 0.251 e. The molecule has 1 amide bonds. The quantitative estimate of drug-likeness (QED) is 0.597. The Labute approximate surface area is 180 Å². The van der Waals surface area contributed by atoms with E-state index in [-0.39, 0.29) is 22.1 Å². The molecule has 0 radical (unpaired) electrons. The highest BCUT2D eigenvalue weighted by Gasteiger charge is 2.32. The molecule has 1 fully saturated rings. The number of methoxy groups -OCH3 is 1. The van der Waals surface area contributed by atoms with E-state index in [1.165, 1.54) is 23.5 Å². The predicted octanol–water partition coefficient (Wildman–Crippen LogP) is 1.96. The number of amides is 1. The van der Waals surface area contributed by atoms with Crippen molar-refractivity contribution < 1.29 is 22.7 Å². The number of benzene rings is 1. The number of ether oxygens (including phenoxy) is 2. The minimum absolute atomic E-state index is 0.00721. The first-order valence-corrected chi connectivity index (χ1v) is 12.0. The predicted molar refractivity (Wildman–Crippen MR) is 117 cm³/mol. The van der Waals surface area contributed by atoms with E-state index in [1.807, 2.05) is 0 Å². The van der Waals surface area contributed by atoms with Crippen LogP contribution in [-0.2, 0) is 14.8 Å². The van der Waals surface area contributed by atoms with Gasteiger partial charge in [-0.2, -0.15) is 4.31 Å². The summed E-state index contributed by atoms with van der Waals surface area (Å²) in [4.78, 5) is 15.2. The van der Waals surface area contributed by atoms with E-state index < -0.39 is 10.0 Å². The molecule has 1 atom stereocenters. The lowest BCUT2D eigenvalue weighted by Gasteiger charge is -2.43. The minimum atomic E-state index is -3.76. The number of carbonyl (C=O) groups excluding carboxylic acids is 1. The van der Waals surface area contributed by atoms with E-state index in [0.717, 1.165) is 19.5 Å². The van der Waals surface area contributed by atoms with Gasteiger partial charge in [0.25, 0.3) is 5.91 Å². The summed E-state index contributed by atoms with van der Waals surface area (Å²) in [5.41, 5.74) is 0.101. The summed E-state index contributed by atoms with van der Waals surface area (Å²) in [5, 5.41) is 2.99. The molecule has 1 N–H and O–H groups in total. The third kappa shape index (κ3) is 5.32. The van der Waals surface area contributed by atoms with Crippen LogP contribution in [-0.4, -0.2) is 82.1 Å². The zero-order valence-corrected chi connectivity index (χ0v) is 19.5. The molecule has 0 saturated carbocycles. The second-order valence-electron chi connectivity index (χ2n) is 7.59. The number of hydrogen-bond donors (Lipinski definition) is 1. The average molecular weight is 442 g/mol. The van der Waals surface area contributed by atoms with Gasteiger partial charge < -0.3 is 14.8 Å². The van der Waals surface area contributed by atoms with E-state index >= 15 is 0 Å². The van der Waals surface area contributed by atoms with Crippen LogP contribution in [0.2, 0.25) is 0 Å². The van der Waals surface area contributed by atoms with Crippen molar-refractivity contribution in [3.8, 4) is 5.75 Å². The van der Waals surface area contributed by atoms with Gasteiger partial charge in [0.15, 0.2) is 0 Å². The van der Waals surface area contributed by atoms with Gasteiger partial charge >= 0.3 is 0 Å². The smallest absolute Gasteiger partial charge is 0.251 e. The van der Waals surface area contributed by atoms with Gasteiger partial charge in [0.05, 0.1) is 20.3 Å². The van der Waals surface area contributed by atoms with Crippen molar-refractivity contribution in [1.29, 1.82) is 0 Å². The SMILES string of the molecule is CCN(CC)S(=O)(=O)c1cc(C(=O)NCC(C)(CC)N2CCOCC2)ccc1OC. The van der Waals surface area contributed by atoms with Crippen molar-refractivity contribution in [2.24, 2.45) is 0 Å². The van der Waals surface area contributed by atoms with E-state index in [2.05, 4.69) is 24.1 Å². The zero-order valence-electron chi connectivity index (χ0n) is 18.7. The summed E-state index contributed by atoms with van der Waals surface area (Å²) in [5.74, 6) is -0.0771. The Hall–Kier alpha value is -1.68. The molecular formula is C21H35N3O5S. The van der Waals surface area contributed by atoms with Crippen molar-refractivity contribution >= 4 is 15.9 Å². The molecule has 0 aliphatic carbocycles. The average Bonchev–Trinajstić information content (AvgIpc) is 2.78. The molecule has 8 nitrogen and oxygen atoms in total. The Morgan fingerprint density at radius 1 is 1.23 bits per heavy atom. The van der Waals surface area contributed by atoms with Gasteiger partial charge in [-0.3, -0.25) is 9.69 Å². The van der Waals surface area contributed by atoms with E-state index in [1.54, 1.807) is 19.9 Å². The molecule has 1 aromatic rings. The van der Waals surface area contributed by atoms with Crippen molar-refractivity contribution in [1.82, 2.24) is 14.5 Å². The van der Waals surface area contributed by atoms with Crippen molar-refractivity contribution in [3.63, 3.8) is 0 Å². The molecule has 1 saturated heterocycles. The summed E-state index contributed by atoms with van der Waals surface area (Å²) >= 11 is 0. The first-order valence-electron chi connectivity index (χ1n) is 10.5. The van der Waals surface area contributed by atoms with Crippen LogP contribution in [0.3, 0.4) is 0 Å². The maximum atomic E-state index is 13.0. The number of sulfonamides is 1. The third-order valence-electron chi connectivity index (χ3n) is 5.92. The second-order valence-corrected chi connectivity index (χ2v) is 9.49. The molecule has 1 aromatic carbocycles. The van der Waals surface area contributed by atoms with Crippen LogP contribution in [0, 0.1) is 0 Å². The van der Waals surface area contributed by atoms with Crippen LogP contribution in [0.15, 0.2) is 23.1 Å². The molecule has 9 heteroatoms. The monoisotopic (exact) mass is 441 g/mol. The number of nitrogens with zero attached hydrogens (tertiary/aromatic N) is 2. The molecule has 1 aliphatic rings. The molecule has 0 spiro atoms. The standard InChI is InChI=1S/C21H35N3O5S/c1-6-21(4,23-11-13-29-14-12-23)16-22-20(25)17-9-10-18(28-5)19(15-17)30(26,27)24(7-2)8-3/h9-10,15H,6-8,11-14,16H2,1-5H3,(H,22,25). The van der Waals surface area contributed by atoms with Gasteiger partial charge in [0.1, 0.15) is 10.6 Å². The molecule has 0 aromatic heterocycles. The minimum Gasteiger partial charge on any atom is -0.495 e. The fourth-order valence-corrected chi connectivity index (χ4v) is 5.30. The van der Waals surface area contributed by atoms with Crippen LogP contribution in [0.25, 0.3) is 0 Å². The number of carbonyl (C=O) groups is 1. The fourth-order valence-electron chi connectivity index (χ4n) is 3.66. The molecule has 1 aliphatic heterocycles. The van der Waals surface area contributed by atoms with E-state index in [9.17, 15) is 13.2 Å². The molecule has 1 heterocycles. The molecule has 30 heavy (non-hydrogen) atoms. The van der Waals surface area contributed by atoms with Crippen molar-refractivity contribution in [2.45, 2.75) is 44.6 Å². The molecule has 170 valence electrons. The molecular weight excluding hydrogens is 406 g/mol. The number of hydrogen-bond acceptors (Lipinski definition) is 6. The van der Waals surface area contributed by atoms with E-state index in [4.69, 9.17) is 9.47 Å². The molecule has 1 unspecified atom stereocenters. The molecule has 0 bridgehead atoms. The summed E-state index contributed by atoms with van der Waals surface area (Å²) < 4.78 is 38.1. The topological polar surface area (TPSA) is 88.2 Å². The first kappa shape index (κ1) is 24.6. The highest BCUT2D eigenvalue weighted by atomic mass is 32.2. The van der Waals surface area contributed by atoms with Gasteiger partial charge in [-0.25, -0.2) is 8.42 Å². The number of nitrogens with one attached hydrogen (secondary N) is 1. The van der Waals surface area contributed by atoms with Crippen molar-refractivity contribution in [2.75, 3.05) is 53.0 Å². The molecule has 2 rings (SSSR count). The maximum absolute atomic E-state index is 13.0. The highest BCUT2D eigenvalue weighted by molar-refractivity contribution is 7.89. The lowest BCUT2D eigenvalue weighted by atomic mass is 9.95. The summed E-state index contributed by atoms with van der Waals surface area (Å²) in [6.45, 7) is 12.0. The fraction of sp³-hybridized carbons (Fsp3) is 0.667. The first-order chi connectivity index (χ1) is 14.2. The van der Waals surface area contributed by atoms with Gasteiger partial charge in [0, 0.05) is 43.8 Å². The van der Waals surface area contributed by atoms with E-state index in [0.29, 0.717) is 38.4 Å². The Morgan fingerprint density at radius 2 is 1.87 bits per heavy atom. The third-order valence-corrected chi connectivity index (χ3v) is 7.99. The summed E-state index contributed by atoms with van der Waals surface area (Å²) in [6.07, 6.45) is 0.873. The normalized spacial score (nSPS) is 17.5. The Balaban J connectivity index is 2.23.